The fraction of sp³-hybridized carbons (Fsp3) is 0.167. The Hall–Kier alpha value is -3.48. The number of pyridine rings is 1. The van der Waals surface area contributed by atoms with Gasteiger partial charge in [0, 0.05) is 17.7 Å². The highest BCUT2D eigenvalue weighted by molar-refractivity contribution is 7.92. The molecule has 0 spiro atoms. The number of hydrogen-bond acceptors (Lipinski definition) is 8. The number of benzene rings is 2. The van der Waals surface area contributed by atoms with E-state index in [2.05, 4.69) is 20.0 Å². The molecule has 0 fully saturated rings. The minimum Gasteiger partial charge on any atom is -0.504 e. The molecule has 4 aromatic rings. The number of para-hydroxylation sites is 1. The molecule has 37 heavy (non-hydrogen) atoms. The van der Waals surface area contributed by atoms with Crippen LogP contribution in [0.4, 0.5) is 19.6 Å². The lowest BCUT2D eigenvalue weighted by molar-refractivity contribution is 0.317. The van der Waals surface area contributed by atoms with Gasteiger partial charge in [-0.1, -0.05) is 35.1 Å². The molecule has 0 aliphatic rings. The molecule has 3 N–H and O–H groups in total. The van der Waals surface area contributed by atoms with E-state index in [-0.39, 0.29) is 38.7 Å². The number of hydrogen-bond donors (Lipinski definition) is 3. The first-order chi connectivity index (χ1) is 17.6. The lowest BCUT2D eigenvalue weighted by Gasteiger charge is -2.13. The van der Waals surface area contributed by atoms with Gasteiger partial charge in [-0.25, -0.2) is 14.4 Å². The molecule has 13 heteroatoms. The zero-order valence-corrected chi connectivity index (χ0v) is 21.9. The Labute approximate surface area is 221 Å². The second-order valence-electron chi connectivity index (χ2n) is 7.77. The summed E-state index contributed by atoms with van der Waals surface area (Å²) in [6.45, 7) is 4.03. The molecular formula is C24H21ClF2N4O4S2. The van der Waals surface area contributed by atoms with Gasteiger partial charge in [-0.3, -0.25) is 4.72 Å². The molecule has 8 nitrogen and oxygen atoms in total. The zero-order chi connectivity index (χ0) is 26.7. The molecule has 2 heterocycles. The van der Waals surface area contributed by atoms with Gasteiger partial charge in [0.2, 0.25) is 5.13 Å². The van der Waals surface area contributed by atoms with E-state index in [9.17, 15) is 22.3 Å². The number of phenolic OH excluding ortho intramolecular Hbond substituents is 1. The first kappa shape index (κ1) is 26.6. The number of nitrogens with zero attached hydrogens (tertiary/aromatic N) is 2. The van der Waals surface area contributed by atoms with E-state index in [1.807, 2.05) is 6.92 Å². The lowest BCUT2D eigenvalue weighted by atomic mass is 10.2. The lowest BCUT2D eigenvalue weighted by Crippen LogP contribution is -2.16. The summed E-state index contributed by atoms with van der Waals surface area (Å²) in [5, 5.41) is 12.0. The number of aryl methyl sites for hydroxylation is 1. The van der Waals surface area contributed by atoms with Crippen molar-refractivity contribution in [2.45, 2.75) is 25.4 Å². The minimum atomic E-state index is -4.20. The number of aromatic nitrogens is 2. The number of aromatic hydroxyl groups is 1. The number of anilines is 2. The van der Waals surface area contributed by atoms with Crippen molar-refractivity contribution in [3.8, 4) is 22.8 Å². The van der Waals surface area contributed by atoms with Crippen LogP contribution in [0.1, 0.15) is 18.1 Å². The molecule has 0 aliphatic heterocycles. The van der Waals surface area contributed by atoms with Crippen molar-refractivity contribution in [2.24, 2.45) is 0 Å². The number of rotatable bonds is 9. The molecule has 0 unspecified atom stereocenters. The molecule has 0 bridgehead atoms. The number of halogens is 3. The van der Waals surface area contributed by atoms with Crippen LogP contribution in [0.5, 0.6) is 11.5 Å². The largest absolute Gasteiger partial charge is 0.504 e. The van der Waals surface area contributed by atoms with Gasteiger partial charge in [0.05, 0.1) is 23.5 Å². The van der Waals surface area contributed by atoms with Crippen LogP contribution in [0.2, 0.25) is 5.02 Å². The molecule has 2 aromatic heterocycles. The molecule has 4 rings (SSSR count). The third kappa shape index (κ3) is 5.92. The maximum atomic E-state index is 14.5. The van der Waals surface area contributed by atoms with Crippen LogP contribution in [-0.4, -0.2) is 30.1 Å². The summed E-state index contributed by atoms with van der Waals surface area (Å²) in [7, 11) is -4.20. The molecule has 0 amide bonds. The van der Waals surface area contributed by atoms with Crippen LogP contribution < -0.4 is 14.8 Å². The van der Waals surface area contributed by atoms with Crippen molar-refractivity contribution in [2.75, 3.05) is 16.6 Å². The van der Waals surface area contributed by atoms with Crippen LogP contribution in [-0.2, 0) is 16.6 Å². The highest BCUT2D eigenvalue weighted by Gasteiger charge is 2.23. The van der Waals surface area contributed by atoms with E-state index in [0.29, 0.717) is 40.5 Å². The smallest absolute Gasteiger partial charge is 0.281 e. The van der Waals surface area contributed by atoms with Crippen LogP contribution in [0.25, 0.3) is 11.3 Å². The maximum Gasteiger partial charge on any atom is 0.281 e. The van der Waals surface area contributed by atoms with Crippen LogP contribution >= 0.6 is 22.9 Å². The van der Waals surface area contributed by atoms with E-state index in [4.69, 9.17) is 16.3 Å². The summed E-state index contributed by atoms with van der Waals surface area (Å²) in [6, 6.07) is 10.3. The van der Waals surface area contributed by atoms with E-state index in [1.165, 1.54) is 18.3 Å². The van der Waals surface area contributed by atoms with Gasteiger partial charge >= 0.3 is 0 Å². The molecule has 0 saturated carbocycles. The predicted octanol–water partition coefficient (Wildman–Crippen LogP) is 5.96. The van der Waals surface area contributed by atoms with E-state index in [1.54, 1.807) is 31.2 Å². The van der Waals surface area contributed by atoms with Gasteiger partial charge in [-0.05, 0) is 49.7 Å². The Morgan fingerprint density at radius 3 is 2.68 bits per heavy atom. The summed E-state index contributed by atoms with van der Waals surface area (Å²) in [6.07, 6.45) is 1.33. The fourth-order valence-electron chi connectivity index (χ4n) is 3.45. The van der Waals surface area contributed by atoms with Gasteiger partial charge in [-0.15, -0.1) is 0 Å². The summed E-state index contributed by atoms with van der Waals surface area (Å²) < 4.78 is 61.4. The number of thiazole rings is 1. The number of nitrogens with one attached hydrogen (secondary N) is 2. The van der Waals surface area contributed by atoms with E-state index < -0.39 is 21.0 Å². The predicted molar refractivity (Wildman–Crippen MR) is 139 cm³/mol. The van der Waals surface area contributed by atoms with Crippen molar-refractivity contribution < 1.29 is 27.0 Å². The summed E-state index contributed by atoms with van der Waals surface area (Å²) in [5.41, 5.74) is 1.48. The Bertz CT molecular complexity index is 1560. The van der Waals surface area contributed by atoms with E-state index in [0.717, 1.165) is 6.07 Å². The zero-order valence-electron chi connectivity index (χ0n) is 19.5. The van der Waals surface area contributed by atoms with Gasteiger partial charge in [-0.2, -0.15) is 12.8 Å². The third-order valence-corrected chi connectivity index (χ3v) is 7.73. The Kier molecular flexibility index (Phi) is 7.81. The topological polar surface area (TPSA) is 113 Å². The van der Waals surface area contributed by atoms with Crippen molar-refractivity contribution in [3.63, 3.8) is 0 Å². The van der Waals surface area contributed by atoms with Crippen molar-refractivity contribution in [1.29, 1.82) is 0 Å². The Morgan fingerprint density at radius 1 is 1.19 bits per heavy atom. The normalized spacial score (nSPS) is 11.4. The van der Waals surface area contributed by atoms with Crippen molar-refractivity contribution >= 4 is 43.8 Å². The average molecular weight is 567 g/mol. The molecule has 2 aromatic carbocycles. The molecule has 194 valence electrons. The van der Waals surface area contributed by atoms with Crippen molar-refractivity contribution in [1.82, 2.24) is 9.97 Å². The van der Waals surface area contributed by atoms with Gasteiger partial charge in [0.25, 0.3) is 10.0 Å². The monoisotopic (exact) mass is 566 g/mol. The molecule has 0 radical (unpaired) electrons. The maximum absolute atomic E-state index is 14.5. The summed E-state index contributed by atoms with van der Waals surface area (Å²) in [5.74, 6) is -0.284. The first-order valence-electron chi connectivity index (χ1n) is 10.9. The van der Waals surface area contributed by atoms with Gasteiger partial charge in [0.1, 0.15) is 11.5 Å². The third-order valence-electron chi connectivity index (χ3n) is 5.15. The van der Waals surface area contributed by atoms with E-state index >= 15 is 0 Å². The average Bonchev–Trinajstić information content (AvgIpc) is 3.20. The highest BCUT2D eigenvalue weighted by Crippen LogP contribution is 2.33. The number of ether oxygens (including phenoxy) is 1. The van der Waals surface area contributed by atoms with Crippen LogP contribution in [0.15, 0.2) is 53.7 Å². The van der Waals surface area contributed by atoms with Gasteiger partial charge in [0.15, 0.2) is 21.7 Å². The quantitative estimate of drug-likeness (QED) is 0.229. The number of sulfonamides is 1. The Morgan fingerprint density at radius 2 is 1.97 bits per heavy atom. The Balaban J connectivity index is 1.50. The number of phenols is 1. The SMILES string of the molecule is CCOc1cccc(CNc2cnc(S(=O)(=O)Nc3nc(-c4ccc(F)c(Cl)c4)c(F)s3)c(C)c2)c1O. The molecule has 0 saturated heterocycles. The van der Waals surface area contributed by atoms with Gasteiger partial charge < -0.3 is 15.2 Å². The second kappa shape index (κ2) is 10.9. The highest BCUT2D eigenvalue weighted by atomic mass is 35.5. The molecule has 0 aliphatic carbocycles. The van der Waals surface area contributed by atoms with Crippen molar-refractivity contribution in [3.05, 3.63) is 75.8 Å². The fourth-order valence-corrected chi connectivity index (χ4v) is 5.74. The molecular weight excluding hydrogens is 546 g/mol. The summed E-state index contributed by atoms with van der Waals surface area (Å²) in [4.78, 5) is 8.06. The van der Waals surface area contributed by atoms with Crippen LogP contribution in [0, 0.1) is 17.9 Å². The minimum absolute atomic E-state index is 0.0166. The van der Waals surface area contributed by atoms with Crippen LogP contribution in [0.3, 0.4) is 0 Å². The first-order valence-corrected chi connectivity index (χ1v) is 13.6. The molecule has 0 atom stereocenters. The standard InChI is InChI=1S/C24H21ClF2N4O4S2/c1-3-35-19-6-4-5-15(21(19)32)11-28-16-9-13(2)23(29-12-16)37(33,34)31-24-30-20(22(27)36-24)14-7-8-18(26)17(25)10-14/h4-10,12,28,32H,3,11H2,1-2H3,(H,30,31). The second-order valence-corrected chi connectivity index (χ2v) is 10.7. The summed E-state index contributed by atoms with van der Waals surface area (Å²) >= 11 is 6.24.